The van der Waals surface area contributed by atoms with Crippen LogP contribution >= 0.6 is 11.6 Å². The molecule has 2 amide bonds. The summed E-state index contributed by atoms with van der Waals surface area (Å²) in [5, 5.41) is 3.56. The van der Waals surface area contributed by atoms with Crippen LogP contribution in [0.1, 0.15) is 43.0 Å². The second-order valence-corrected chi connectivity index (χ2v) is 13.6. The highest BCUT2D eigenvalue weighted by molar-refractivity contribution is 7.92. The fourth-order valence-corrected chi connectivity index (χ4v) is 5.46. The molecule has 0 aliphatic rings. The summed E-state index contributed by atoms with van der Waals surface area (Å²) in [5.74, 6) is -0.819. The summed E-state index contributed by atoms with van der Waals surface area (Å²) in [4.78, 5) is 29.3. The van der Waals surface area contributed by atoms with Crippen molar-refractivity contribution in [2.45, 2.75) is 59.2 Å². The van der Waals surface area contributed by atoms with Gasteiger partial charge in [0, 0.05) is 23.5 Å². The van der Waals surface area contributed by atoms with Crippen molar-refractivity contribution in [1.29, 1.82) is 0 Å². The molecule has 3 aromatic carbocycles. The van der Waals surface area contributed by atoms with E-state index in [1.165, 1.54) is 4.90 Å². The normalized spacial score (nSPS) is 12.5. The maximum absolute atomic E-state index is 14.1. The van der Waals surface area contributed by atoms with E-state index in [-0.39, 0.29) is 18.9 Å². The van der Waals surface area contributed by atoms with Crippen molar-refractivity contribution in [1.82, 2.24) is 10.2 Å². The Kier molecular flexibility index (Phi) is 10.0. The summed E-state index contributed by atoms with van der Waals surface area (Å²) >= 11 is 6.10. The van der Waals surface area contributed by atoms with E-state index in [0.29, 0.717) is 10.7 Å². The van der Waals surface area contributed by atoms with Gasteiger partial charge in [0.25, 0.3) is 0 Å². The van der Waals surface area contributed by atoms with Crippen molar-refractivity contribution < 1.29 is 18.0 Å². The highest BCUT2D eigenvalue weighted by Crippen LogP contribution is 2.23. The van der Waals surface area contributed by atoms with Gasteiger partial charge in [-0.05, 0) is 81.1 Å². The first-order valence-electron chi connectivity index (χ1n) is 13.1. The molecule has 0 aliphatic carbocycles. The third-order valence-electron chi connectivity index (χ3n) is 6.21. The Morgan fingerprint density at radius 3 is 2.00 bits per heavy atom. The van der Waals surface area contributed by atoms with Crippen LogP contribution < -0.4 is 9.62 Å². The van der Waals surface area contributed by atoms with Crippen molar-refractivity contribution in [3.63, 3.8) is 0 Å². The second kappa shape index (κ2) is 12.9. The monoisotopic (exact) mass is 583 g/mol. The smallest absolute Gasteiger partial charge is 0.244 e. The summed E-state index contributed by atoms with van der Waals surface area (Å²) < 4.78 is 27.0. The van der Waals surface area contributed by atoms with Crippen molar-refractivity contribution in [2.75, 3.05) is 17.1 Å². The number of anilines is 1. The molecule has 0 radical (unpaired) electrons. The molecule has 1 atom stereocenters. The molecule has 9 heteroatoms. The molecule has 3 aromatic rings. The molecule has 0 spiro atoms. The maximum Gasteiger partial charge on any atom is 0.244 e. The Morgan fingerprint density at radius 2 is 1.48 bits per heavy atom. The van der Waals surface area contributed by atoms with Gasteiger partial charge in [-0.15, -0.1) is 0 Å². The summed E-state index contributed by atoms with van der Waals surface area (Å²) in [6.45, 7) is 9.01. The zero-order valence-corrected chi connectivity index (χ0v) is 25.5. The average Bonchev–Trinajstić information content (AvgIpc) is 2.84. The lowest BCUT2D eigenvalue weighted by molar-refractivity contribution is -0.140. The number of nitrogens with one attached hydrogen (secondary N) is 1. The molecule has 7 nitrogen and oxygen atoms in total. The number of carbonyl (C=O) groups excluding carboxylic acids is 2. The highest BCUT2D eigenvalue weighted by atomic mass is 35.5. The minimum atomic E-state index is -3.82. The molecule has 214 valence electrons. The largest absolute Gasteiger partial charge is 0.350 e. The van der Waals surface area contributed by atoms with Gasteiger partial charge in [0.1, 0.15) is 12.6 Å². The van der Waals surface area contributed by atoms with Crippen LogP contribution in [0.5, 0.6) is 0 Å². The van der Waals surface area contributed by atoms with Crippen molar-refractivity contribution in [3.05, 3.63) is 100 Å². The molecule has 40 heavy (non-hydrogen) atoms. The molecule has 0 aliphatic heterocycles. The van der Waals surface area contributed by atoms with E-state index in [4.69, 9.17) is 11.6 Å². The Hall–Kier alpha value is -3.36. The van der Waals surface area contributed by atoms with Crippen LogP contribution in [0.3, 0.4) is 0 Å². The van der Waals surface area contributed by atoms with E-state index >= 15 is 0 Å². The van der Waals surface area contributed by atoms with Crippen LogP contribution in [0.15, 0.2) is 72.8 Å². The number of aryl methyl sites for hydroxylation is 2. The van der Waals surface area contributed by atoms with Gasteiger partial charge in [0.15, 0.2) is 0 Å². The number of benzene rings is 3. The predicted molar refractivity (Wildman–Crippen MR) is 162 cm³/mol. The number of sulfonamides is 1. The Balaban J connectivity index is 2.08. The van der Waals surface area contributed by atoms with E-state index in [9.17, 15) is 18.0 Å². The number of halogens is 1. The molecular weight excluding hydrogens is 546 g/mol. The zero-order valence-electron chi connectivity index (χ0n) is 23.9. The summed E-state index contributed by atoms with van der Waals surface area (Å²) in [7, 11) is -3.82. The Morgan fingerprint density at radius 1 is 0.900 bits per heavy atom. The molecule has 0 heterocycles. The Labute approximate surface area is 243 Å². The lowest BCUT2D eigenvalue weighted by Gasteiger charge is -2.35. The standard InChI is InChI=1S/C31H38ClN3O4S/c1-22-16-23(2)18-27(17-22)35(40(6,38)39)21-29(36)34(20-25-12-14-26(32)15-13-25)28(30(37)33-31(3,4)5)19-24-10-8-7-9-11-24/h7-18,28H,19-21H2,1-6H3,(H,33,37)/t28-/m1/s1. The van der Waals surface area contributed by atoms with E-state index in [1.807, 2.05) is 71.0 Å². The number of rotatable bonds is 10. The lowest BCUT2D eigenvalue weighted by atomic mass is 10.0. The fourth-order valence-electron chi connectivity index (χ4n) is 4.50. The number of amides is 2. The number of hydrogen-bond acceptors (Lipinski definition) is 4. The average molecular weight is 584 g/mol. The van der Waals surface area contributed by atoms with E-state index in [2.05, 4.69) is 5.32 Å². The Bertz CT molecular complexity index is 1420. The topological polar surface area (TPSA) is 86.8 Å². The highest BCUT2D eigenvalue weighted by Gasteiger charge is 2.34. The van der Waals surface area contributed by atoms with E-state index in [1.54, 1.807) is 36.4 Å². The molecule has 0 unspecified atom stereocenters. The van der Waals surface area contributed by atoms with Gasteiger partial charge in [0.05, 0.1) is 11.9 Å². The summed E-state index contributed by atoms with van der Waals surface area (Å²) in [6.07, 6.45) is 1.33. The minimum absolute atomic E-state index is 0.0928. The predicted octanol–water partition coefficient (Wildman–Crippen LogP) is 5.28. The minimum Gasteiger partial charge on any atom is -0.350 e. The molecule has 0 bridgehead atoms. The van der Waals surface area contributed by atoms with Gasteiger partial charge in [-0.1, -0.05) is 60.1 Å². The van der Waals surface area contributed by atoms with Gasteiger partial charge in [-0.2, -0.15) is 0 Å². The van der Waals surface area contributed by atoms with Crippen molar-refractivity contribution in [3.8, 4) is 0 Å². The quantitative estimate of drug-likeness (QED) is 0.352. The summed E-state index contributed by atoms with van der Waals surface area (Å²) in [6, 6.07) is 21.0. The summed E-state index contributed by atoms with van der Waals surface area (Å²) in [5.41, 5.74) is 3.25. The molecule has 3 rings (SSSR count). The van der Waals surface area contributed by atoms with Gasteiger partial charge < -0.3 is 10.2 Å². The first-order chi connectivity index (χ1) is 18.6. The van der Waals surface area contributed by atoms with Gasteiger partial charge >= 0.3 is 0 Å². The zero-order chi connectivity index (χ0) is 29.7. The van der Waals surface area contributed by atoms with Crippen LogP contribution in [-0.4, -0.2) is 49.5 Å². The van der Waals surface area contributed by atoms with Crippen LogP contribution in [0.4, 0.5) is 5.69 Å². The molecule has 0 aromatic heterocycles. The second-order valence-electron chi connectivity index (χ2n) is 11.2. The van der Waals surface area contributed by atoms with Crippen LogP contribution in [0, 0.1) is 13.8 Å². The lowest BCUT2D eigenvalue weighted by Crippen LogP contribution is -2.56. The van der Waals surface area contributed by atoms with Gasteiger partial charge in [-0.25, -0.2) is 8.42 Å². The maximum atomic E-state index is 14.1. The van der Waals surface area contributed by atoms with Gasteiger partial charge in [0.2, 0.25) is 21.8 Å². The first-order valence-corrected chi connectivity index (χ1v) is 15.3. The van der Waals surface area contributed by atoms with E-state index in [0.717, 1.165) is 32.8 Å². The van der Waals surface area contributed by atoms with Crippen LogP contribution in [0.25, 0.3) is 0 Å². The molecule has 1 N–H and O–H groups in total. The number of hydrogen-bond donors (Lipinski definition) is 1. The molecule has 0 saturated carbocycles. The number of carbonyl (C=O) groups is 2. The SMILES string of the molecule is Cc1cc(C)cc(N(CC(=O)N(Cc2ccc(Cl)cc2)[C@H](Cc2ccccc2)C(=O)NC(C)(C)C)S(C)(=O)=O)c1. The molecule has 0 fully saturated rings. The van der Waals surface area contributed by atoms with Crippen molar-refractivity contribution in [2.24, 2.45) is 0 Å². The van der Waals surface area contributed by atoms with Crippen molar-refractivity contribution >= 4 is 39.1 Å². The van der Waals surface area contributed by atoms with Crippen LogP contribution in [0.2, 0.25) is 5.02 Å². The number of nitrogens with zero attached hydrogens (tertiary/aromatic N) is 2. The van der Waals surface area contributed by atoms with E-state index < -0.39 is 34.1 Å². The third-order valence-corrected chi connectivity index (χ3v) is 7.60. The van der Waals surface area contributed by atoms with Crippen LogP contribution in [-0.2, 0) is 32.6 Å². The first kappa shape index (κ1) is 31.2. The fraction of sp³-hybridized carbons (Fsp3) is 0.355. The molecular formula is C31H38ClN3O4S. The van der Waals surface area contributed by atoms with Gasteiger partial charge in [-0.3, -0.25) is 13.9 Å². The molecule has 0 saturated heterocycles. The third kappa shape index (κ3) is 9.10.